The van der Waals surface area contributed by atoms with Gasteiger partial charge in [-0.1, -0.05) is 6.92 Å². The molecule has 2 heterocycles. The highest BCUT2D eigenvalue weighted by Crippen LogP contribution is 2.29. The van der Waals surface area contributed by atoms with E-state index in [-0.39, 0.29) is 0 Å². The second kappa shape index (κ2) is 4.78. The molecule has 2 rings (SSSR count). The molecule has 1 saturated heterocycles. The van der Waals surface area contributed by atoms with E-state index in [0.29, 0.717) is 5.41 Å². The zero-order valence-electron chi connectivity index (χ0n) is 9.99. The van der Waals surface area contributed by atoms with Crippen molar-refractivity contribution < 1.29 is 4.74 Å². The van der Waals surface area contributed by atoms with Crippen molar-refractivity contribution in [3.8, 4) is 0 Å². The highest BCUT2D eigenvalue weighted by molar-refractivity contribution is 5.33. The first-order chi connectivity index (χ1) is 7.68. The van der Waals surface area contributed by atoms with Gasteiger partial charge in [0, 0.05) is 19.8 Å². The van der Waals surface area contributed by atoms with Crippen LogP contribution < -0.4 is 5.32 Å². The van der Waals surface area contributed by atoms with Gasteiger partial charge >= 0.3 is 0 Å². The number of nitrogens with zero attached hydrogens (tertiary/aromatic N) is 2. The van der Waals surface area contributed by atoms with Crippen molar-refractivity contribution in [2.24, 2.45) is 5.41 Å². The highest BCUT2D eigenvalue weighted by atomic mass is 16.5. The predicted octanol–water partition coefficient (Wildman–Crippen LogP) is 2.01. The van der Waals surface area contributed by atoms with Gasteiger partial charge in [0.2, 0.25) is 0 Å². The summed E-state index contributed by atoms with van der Waals surface area (Å²) in [6.45, 7) is 6.92. The summed E-state index contributed by atoms with van der Waals surface area (Å²) in [5, 5.41) is 11.5. The molecular weight excluding hydrogens is 202 g/mol. The van der Waals surface area contributed by atoms with E-state index in [0.717, 1.165) is 44.1 Å². The lowest BCUT2D eigenvalue weighted by Gasteiger charge is -2.33. The van der Waals surface area contributed by atoms with E-state index in [4.69, 9.17) is 4.74 Å². The molecule has 0 radical (unpaired) electrons. The SMILES string of the molecule is Cc1ccc(NCC2(C)CCOCC2)nn1. The van der Waals surface area contributed by atoms with Crippen molar-refractivity contribution in [3.05, 3.63) is 17.8 Å². The van der Waals surface area contributed by atoms with Gasteiger partial charge < -0.3 is 10.1 Å². The highest BCUT2D eigenvalue weighted by Gasteiger charge is 2.27. The lowest BCUT2D eigenvalue weighted by Crippen LogP contribution is -2.33. The Labute approximate surface area is 96.4 Å². The van der Waals surface area contributed by atoms with Crippen LogP contribution in [0.25, 0.3) is 0 Å². The Morgan fingerprint density at radius 1 is 1.31 bits per heavy atom. The first-order valence-corrected chi connectivity index (χ1v) is 5.80. The van der Waals surface area contributed by atoms with Gasteiger partial charge in [-0.3, -0.25) is 0 Å². The number of hydrogen-bond acceptors (Lipinski definition) is 4. The Bertz CT molecular complexity index is 331. The molecule has 1 fully saturated rings. The molecule has 0 atom stereocenters. The van der Waals surface area contributed by atoms with E-state index in [1.807, 2.05) is 19.1 Å². The molecule has 0 spiro atoms. The maximum atomic E-state index is 5.38. The summed E-state index contributed by atoms with van der Waals surface area (Å²) in [7, 11) is 0. The van der Waals surface area contributed by atoms with Gasteiger partial charge in [-0.25, -0.2) is 0 Å². The monoisotopic (exact) mass is 221 g/mol. The van der Waals surface area contributed by atoms with Gasteiger partial charge in [0.25, 0.3) is 0 Å². The fraction of sp³-hybridized carbons (Fsp3) is 0.667. The third-order valence-corrected chi connectivity index (χ3v) is 3.19. The van der Waals surface area contributed by atoms with Gasteiger partial charge in [-0.05, 0) is 37.3 Å². The van der Waals surface area contributed by atoms with Gasteiger partial charge in [-0.2, -0.15) is 5.10 Å². The van der Waals surface area contributed by atoms with Crippen molar-refractivity contribution >= 4 is 5.82 Å². The smallest absolute Gasteiger partial charge is 0.148 e. The molecule has 1 aliphatic heterocycles. The van der Waals surface area contributed by atoms with E-state index in [2.05, 4.69) is 22.4 Å². The first-order valence-electron chi connectivity index (χ1n) is 5.80. The van der Waals surface area contributed by atoms with Gasteiger partial charge in [0.05, 0.1) is 5.69 Å². The Kier molecular flexibility index (Phi) is 3.39. The molecule has 1 aromatic rings. The van der Waals surface area contributed by atoms with E-state index >= 15 is 0 Å². The zero-order chi connectivity index (χ0) is 11.4. The summed E-state index contributed by atoms with van der Waals surface area (Å²) in [5.74, 6) is 0.860. The topological polar surface area (TPSA) is 47.0 Å². The normalized spacial score (nSPS) is 19.4. The molecule has 4 heteroatoms. The second-order valence-electron chi connectivity index (χ2n) is 4.84. The number of ether oxygens (including phenoxy) is 1. The first kappa shape index (κ1) is 11.3. The van der Waals surface area contributed by atoms with Gasteiger partial charge in [-0.15, -0.1) is 5.10 Å². The molecule has 4 nitrogen and oxygen atoms in total. The average Bonchev–Trinajstić information content (AvgIpc) is 2.29. The molecule has 1 aromatic heterocycles. The molecule has 16 heavy (non-hydrogen) atoms. The summed E-state index contributed by atoms with van der Waals surface area (Å²) in [6.07, 6.45) is 2.22. The summed E-state index contributed by atoms with van der Waals surface area (Å²) in [5.41, 5.74) is 1.27. The minimum absolute atomic E-state index is 0.324. The molecule has 0 amide bonds. The third kappa shape index (κ3) is 2.92. The standard InChI is InChI=1S/C12H19N3O/c1-10-3-4-11(15-14-10)13-9-12(2)5-7-16-8-6-12/h3-4H,5-9H2,1-2H3,(H,13,15). The van der Waals surface area contributed by atoms with E-state index in [1.54, 1.807) is 0 Å². The van der Waals surface area contributed by atoms with Crippen molar-refractivity contribution in [3.63, 3.8) is 0 Å². The maximum Gasteiger partial charge on any atom is 0.148 e. The van der Waals surface area contributed by atoms with Crippen LogP contribution in [0.1, 0.15) is 25.5 Å². The van der Waals surface area contributed by atoms with Crippen LogP contribution >= 0.6 is 0 Å². The lowest BCUT2D eigenvalue weighted by atomic mass is 9.82. The minimum atomic E-state index is 0.324. The summed E-state index contributed by atoms with van der Waals surface area (Å²) in [4.78, 5) is 0. The molecule has 1 aliphatic rings. The van der Waals surface area contributed by atoms with Crippen LogP contribution in [-0.4, -0.2) is 30.0 Å². The number of anilines is 1. The fourth-order valence-corrected chi connectivity index (χ4v) is 1.84. The summed E-state index contributed by atoms with van der Waals surface area (Å²) in [6, 6.07) is 3.95. The number of rotatable bonds is 3. The van der Waals surface area contributed by atoms with Gasteiger partial charge in [0.15, 0.2) is 0 Å². The number of hydrogen-bond donors (Lipinski definition) is 1. The predicted molar refractivity (Wildman–Crippen MR) is 63.4 cm³/mol. The quantitative estimate of drug-likeness (QED) is 0.848. The number of aromatic nitrogens is 2. The molecule has 0 bridgehead atoms. The molecule has 0 unspecified atom stereocenters. The van der Waals surface area contributed by atoms with Crippen LogP contribution in [0, 0.1) is 12.3 Å². The molecule has 1 N–H and O–H groups in total. The van der Waals surface area contributed by atoms with Crippen molar-refractivity contribution in [1.82, 2.24) is 10.2 Å². The number of nitrogens with one attached hydrogen (secondary N) is 1. The zero-order valence-corrected chi connectivity index (χ0v) is 9.99. The number of aryl methyl sites for hydroxylation is 1. The minimum Gasteiger partial charge on any atom is -0.381 e. The molecule has 0 aliphatic carbocycles. The Balaban J connectivity index is 1.88. The molecule has 0 aromatic carbocycles. The largest absolute Gasteiger partial charge is 0.381 e. The van der Waals surface area contributed by atoms with Gasteiger partial charge in [0.1, 0.15) is 5.82 Å². The van der Waals surface area contributed by atoms with Crippen LogP contribution in [0.5, 0.6) is 0 Å². The van der Waals surface area contributed by atoms with Crippen LogP contribution in [0.4, 0.5) is 5.82 Å². The third-order valence-electron chi connectivity index (χ3n) is 3.19. The summed E-state index contributed by atoms with van der Waals surface area (Å²) >= 11 is 0. The van der Waals surface area contributed by atoms with Crippen molar-refractivity contribution in [1.29, 1.82) is 0 Å². The fourth-order valence-electron chi connectivity index (χ4n) is 1.84. The molecule has 88 valence electrons. The Morgan fingerprint density at radius 2 is 2.06 bits per heavy atom. The van der Waals surface area contributed by atoms with Crippen molar-refractivity contribution in [2.45, 2.75) is 26.7 Å². The van der Waals surface area contributed by atoms with E-state index in [1.165, 1.54) is 0 Å². The van der Waals surface area contributed by atoms with Crippen LogP contribution in [0.2, 0.25) is 0 Å². The molecular formula is C12H19N3O. The molecule has 0 saturated carbocycles. The Hall–Kier alpha value is -1.16. The van der Waals surface area contributed by atoms with Crippen molar-refractivity contribution in [2.75, 3.05) is 25.1 Å². The lowest BCUT2D eigenvalue weighted by molar-refractivity contribution is 0.0299. The van der Waals surface area contributed by atoms with Crippen LogP contribution in [0.15, 0.2) is 12.1 Å². The van der Waals surface area contributed by atoms with E-state index in [9.17, 15) is 0 Å². The van der Waals surface area contributed by atoms with Crippen LogP contribution in [0.3, 0.4) is 0 Å². The second-order valence-corrected chi connectivity index (χ2v) is 4.84. The Morgan fingerprint density at radius 3 is 2.69 bits per heavy atom. The van der Waals surface area contributed by atoms with Crippen LogP contribution in [-0.2, 0) is 4.74 Å². The van der Waals surface area contributed by atoms with E-state index < -0.39 is 0 Å². The maximum absolute atomic E-state index is 5.38. The average molecular weight is 221 g/mol. The summed E-state index contributed by atoms with van der Waals surface area (Å²) < 4.78 is 5.38.